The maximum atomic E-state index is 12.0. The summed E-state index contributed by atoms with van der Waals surface area (Å²) in [5.74, 6) is 0.844. The van der Waals surface area contributed by atoms with E-state index in [0.29, 0.717) is 5.41 Å². The van der Waals surface area contributed by atoms with Crippen molar-refractivity contribution in [1.29, 1.82) is 0 Å². The Balaban J connectivity index is 1.77. The zero-order valence-electron chi connectivity index (χ0n) is 13.9. The SMILES string of the molecule is CCCCOc1ccc(NC(=O)NC2CCC(C)(C)C2)cc1. The number of urea groups is 1. The highest BCUT2D eigenvalue weighted by molar-refractivity contribution is 5.89. The maximum absolute atomic E-state index is 12.0. The van der Waals surface area contributed by atoms with Gasteiger partial charge in [0, 0.05) is 11.7 Å². The van der Waals surface area contributed by atoms with Crippen molar-refractivity contribution in [2.45, 2.75) is 58.9 Å². The lowest BCUT2D eigenvalue weighted by Crippen LogP contribution is -2.36. The second-order valence-corrected chi connectivity index (χ2v) is 6.93. The van der Waals surface area contributed by atoms with E-state index in [1.165, 1.54) is 6.42 Å². The number of benzene rings is 1. The highest BCUT2D eigenvalue weighted by Gasteiger charge is 2.31. The van der Waals surface area contributed by atoms with Gasteiger partial charge in [-0.3, -0.25) is 0 Å². The first-order chi connectivity index (χ1) is 10.5. The van der Waals surface area contributed by atoms with Gasteiger partial charge in [-0.2, -0.15) is 0 Å². The minimum atomic E-state index is -0.123. The van der Waals surface area contributed by atoms with E-state index in [9.17, 15) is 4.79 Å². The molecular weight excluding hydrogens is 276 g/mol. The maximum Gasteiger partial charge on any atom is 0.319 e. The Kier molecular flexibility index (Phi) is 5.69. The Bertz CT molecular complexity index is 482. The number of rotatable bonds is 6. The third-order valence-electron chi connectivity index (χ3n) is 4.18. The standard InChI is InChI=1S/C18H28N2O2/c1-4-5-12-22-16-8-6-14(7-9-16)19-17(21)20-15-10-11-18(2,3)13-15/h6-9,15H,4-5,10-13H2,1-3H3,(H2,19,20,21). The topological polar surface area (TPSA) is 50.4 Å². The zero-order chi connectivity index (χ0) is 16.0. The van der Waals surface area contributed by atoms with E-state index in [-0.39, 0.29) is 12.1 Å². The summed E-state index contributed by atoms with van der Waals surface area (Å²) < 4.78 is 5.61. The quantitative estimate of drug-likeness (QED) is 0.757. The van der Waals surface area contributed by atoms with Gasteiger partial charge in [0.2, 0.25) is 0 Å². The lowest BCUT2D eigenvalue weighted by atomic mass is 9.92. The summed E-state index contributed by atoms with van der Waals surface area (Å²) in [7, 11) is 0. The summed E-state index contributed by atoms with van der Waals surface area (Å²) in [6.07, 6.45) is 5.45. The normalized spacial score (nSPS) is 19.7. The smallest absolute Gasteiger partial charge is 0.319 e. The first-order valence-corrected chi connectivity index (χ1v) is 8.29. The van der Waals surface area contributed by atoms with Crippen LogP contribution < -0.4 is 15.4 Å². The predicted molar refractivity (Wildman–Crippen MR) is 90.4 cm³/mol. The first-order valence-electron chi connectivity index (χ1n) is 8.29. The van der Waals surface area contributed by atoms with Crippen molar-refractivity contribution in [2.75, 3.05) is 11.9 Å². The van der Waals surface area contributed by atoms with Crippen molar-refractivity contribution in [3.63, 3.8) is 0 Å². The van der Waals surface area contributed by atoms with Gasteiger partial charge in [-0.25, -0.2) is 4.79 Å². The Hall–Kier alpha value is -1.71. The van der Waals surface area contributed by atoms with Crippen LogP contribution in [0.4, 0.5) is 10.5 Å². The number of hydrogen-bond acceptors (Lipinski definition) is 2. The third kappa shape index (κ3) is 5.24. The molecule has 1 aliphatic rings. The van der Waals surface area contributed by atoms with Gasteiger partial charge in [-0.1, -0.05) is 27.2 Å². The summed E-state index contributed by atoms with van der Waals surface area (Å²) in [5.41, 5.74) is 1.13. The molecule has 0 aromatic heterocycles. The first kappa shape index (κ1) is 16.7. The third-order valence-corrected chi connectivity index (χ3v) is 4.18. The van der Waals surface area contributed by atoms with E-state index in [4.69, 9.17) is 4.74 Å². The van der Waals surface area contributed by atoms with Gasteiger partial charge < -0.3 is 15.4 Å². The molecule has 4 heteroatoms. The molecule has 2 rings (SSSR count). The van der Waals surface area contributed by atoms with Crippen LogP contribution in [-0.4, -0.2) is 18.7 Å². The van der Waals surface area contributed by atoms with Crippen LogP contribution in [0.1, 0.15) is 52.9 Å². The second-order valence-electron chi connectivity index (χ2n) is 6.93. The Morgan fingerprint density at radius 2 is 2.05 bits per heavy atom. The van der Waals surface area contributed by atoms with Crippen LogP contribution in [0.3, 0.4) is 0 Å². The van der Waals surface area contributed by atoms with Crippen molar-refractivity contribution in [3.05, 3.63) is 24.3 Å². The van der Waals surface area contributed by atoms with E-state index in [1.807, 2.05) is 24.3 Å². The van der Waals surface area contributed by atoms with Gasteiger partial charge in [0.1, 0.15) is 5.75 Å². The highest BCUT2D eigenvalue weighted by Crippen LogP contribution is 2.36. The fraction of sp³-hybridized carbons (Fsp3) is 0.611. The molecule has 0 heterocycles. The molecule has 4 nitrogen and oxygen atoms in total. The fourth-order valence-electron chi connectivity index (χ4n) is 2.88. The molecular formula is C18H28N2O2. The minimum absolute atomic E-state index is 0.123. The van der Waals surface area contributed by atoms with Gasteiger partial charge in [0.05, 0.1) is 6.61 Å². The molecule has 122 valence electrons. The van der Waals surface area contributed by atoms with Crippen LogP contribution in [0, 0.1) is 5.41 Å². The summed E-state index contributed by atoms with van der Waals surface area (Å²) in [6.45, 7) is 7.38. The molecule has 1 aromatic rings. The molecule has 1 aliphatic carbocycles. The van der Waals surface area contributed by atoms with Crippen molar-refractivity contribution < 1.29 is 9.53 Å². The van der Waals surface area contributed by atoms with Crippen molar-refractivity contribution in [2.24, 2.45) is 5.41 Å². The summed E-state index contributed by atoms with van der Waals surface area (Å²) in [5, 5.41) is 5.94. The van der Waals surface area contributed by atoms with E-state index < -0.39 is 0 Å². The molecule has 0 bridgehead atoms. The average molecular weight is 304 g/mol. The van der Waals surface area contributed by atoms with Crippen LogP contribution in [0.2, 0.25) is 0 Å². The van der Waals surface area contributed by atoms with Crippen LogP contribution in [0.25, 0.3) is 0 Å². The van der Waals surface area contributed by atoms with Crippen LogP contribution in [-0.2, 0) is 0 Å². The largest absolute Gasteiger partial charge is 0.494 e. The molecule has 0 spiro atoms. The molecule has 1 fully saturated rings. The molecule has 22 heavy (non-hydrogen) atoms. The number of nitrogens with one attached hydrogen (secondary N) is 2. The summed E-state index contributed by atoms with van der Waals surface area (Å²) >= 11 is 0. The van der Waals surface area contributed by atoms with E-state index in [1.54, 1.807) is 0 Å². The predicted octanol–water partition coefficient (Wildman–Crippen LogP) is 4.57. The Labute approximate surface area is 133 Å². The van der Waals surface area contributed by atoms with E-state index >= 15 is 0 Å². The van der Waals surface area contributed by atoms with Crippen molar-refractivity contribution >= 4 is 11.7 Å². The van der Waals surface area contributed by atoms with Gasteiger partial charge in [0.25, 0.3) is 0 Å². The Morgan fingerprint density at radius 1 is 1.32 bits per heavy atom. The fourth-order valence-corrected chi connectivity index (χ4v) is 2.88. The van der Waals surface area contributed by atoms with Crippen LogP contribution >= 0.6 is 0 Å². The lowest BCUT2D eigenvalue weighted by molar-refractivity contribution is 0.247. The molecule has 0 aliphatic heterocycles. The van der Waals surface area contributed by atoms with Gasteiger partial charge in [-0.05, 0) is 55.4 Å². The number of carbonyl (C=O) groups is 1. The van der Waals surface area contributed by atoms with Crippen LogP contribution in [0.5, 0.6) is 5.75 Å². The van der Waals surface area contributed by atoms with E-state index in [2.05, 4.69) is 31.4 Å². The average Bonchev–Trinajstić information content (AvgIpc) is 2.80. The molecule has 0 saturated heterocycles. The lowest BCUT2D eigenvalue weighted by Gasteiger charge is -2.18. The molecule has 1 saturated carbocycles. The Morgan fingerprint density at radius 3 is 2.64 bits per heavy atom. The molecule has 1 atom stereocenters. The summed E-state index contributed by atoms with van der Waals surface area (Å²) in [4.78, 5) is 12.0. The molecule has 0 radical (unpaired) electrons. The second kappa shape index (κ2) is 7.52. The molecule has 1 unspecified atom stereocenters. The minimum Gasteiger partial charge on any atom is -0.494 e. The van der Waals surface area contributed by atoms with Gasteiger partial charge in [0.15, 0.2) is 0 Å². The monoisotopic (exact) mass is 304 g/mol. The van der Waals surface area contributed by atoms with E-state index in [0.717, 1.165) is 43.7 Å². The number of carbonyl (C=O) groups excluding carboxylic acids is 1. The number of unbranched alkanes of at least 4 members (excludes halogenated alkanes) is 1. The van der Waals surface area contributed by atoms with Gasteiger partial charge in [-0.15, -0.1) is 0 Å². The number of anilines is 1. The highest BCUT2D eigenvalue weighted by atomic mass is 16.5. The molecule has 2 amide bonds. The van der Waals surface area contributed by atoms with Gasteiger partial charge >= 0.3 is 6.03 Å². The van der Waals surface area contributed by atoms with Crippen molar-refractivity contribution in [1.82, 2.24) is 5.32 Å². The molecule has 2 N–H and O–H groups in total. The number of ether oxygens (including phenoxy) is 1. The molecule has 1 aromatic carbocycles. The number of hydrogen-bond donors (Lipinski definition) is 2. The number of amides is 2. The van der Waals surface area contributed by atoms with Crippen LogP contribution in [0.15, 0.2) is 24.3 Å². The van der Waals surface area contributed by atoms with Crippen molar-refractivity contribution in [3.8, 4) is 5.75 Å². The zero-order valence-corrected chi connectivity index (χ0v) is 13.9. The summed E-state index contributed by atoms with van der Waals surface area (Å²) in [6, 6.07) is 7.70.